The number of carbonyl (C=O) groups is 1. The van der Waals surface area contributed by atoms with Crippen molar-refractivity contribution in [2.45, 2.75) is 0 Å². The maximum Gasteiger partial charge on any atom is 0.304 e. The number of aliphatic imine (C=N–C) groups is 1. The third kappa shape index (κ3) is 1.81. The minimum Gasteiger partial charge on any atom is -0.264 e. The van der Waals surface area contributed by atoms with Crippen LogP contribution < -0.4 is 0 Å². The average molecular weight is 101 g/mol. The van der Waals surface area contributed by atoms with Crippen LogP contribution in [0.3, 0.4) is 0 Å². The molecule has 0 rings (SSSR count). The van der Waals surface area contributed by atoms with Crippen LogP contribution in [0.1, 0.15) is 0 Å². The standard InChI is InChI=1S/C4H4FNO/c1-3(5)4(7)6-2/h1-2H2. The summed E-state index contributed by atoms with van der Waals surface area (Å²) in [5.74, 6) is -2.07. The predicted octanol–water partition coefficient (Wildman–Crippen LogP) is 0.697. The van der Waals surface area contributed by atoms with E-state index in [1.807, 2.05) is 0 Å². The van der Waals surface area contributed by atoms with E-state index in [9.17, 15) is 9.18 Å². The number of carbonyl (C=O) groups excluding carboxylic acids is 1. The van der Waals surface area contributed by atoms with Gasteiger partial charge >= 0.3 is 5.91 Å². The Balaban J connectivity index is 3.81. The average Bonchev–Trinajstić information content (AvgIpc) is 1.65. The highest BCUT2D eigenvalue weighted by Crippen LogP contribution is 1.91. The van der Waals surface area contributed by atoms with E-state index in [2.05, 4.69) is 18.3 Å². The van der Waals surface area contributed by atoms with Crippen molar-refractivity contribution in [2.75, 3.05) is 0 Å². The van der Waals surface area contributed by atoms with Gasteiger partial charge in [-0.3, -0.25) is 4.79 Å². The molecule has 0 spiro atoms. The fourth-order valence-corrected chi connectivity index (χ4v) is 0.0858. The van der Waals surface area contributed by atoms with E-state index in [0.29, 0.717) is 0 Å². The highest BCUT2D eigenvalue weighted by molar-refractivity contribution is 5.93. The molecule has 3 heteroatoms. The SMILES string of the molecule is C=NC(=O)C(=C)F. The van der Waals surface area contributed by atoms with Crippen LogP contribution >= 0.6 is 0 Å². The third-order valence-corrected chi connectivity index (χ3v) is 0.376. The lowest BCUT2D eigenvalue weighted by molar-refractivity contribution is -0.115. The molecule has 0 fully saturated rings. The highest BCUT2D eigenvalue weighted by atomic mass is 19.1. The van der Waals surface area contributed by atoms with Gasteiger partial charge in [-0.15, -0.1) is 0 Å². The van der Waals surface area contributed by atoms with Crippen molar-refractivity contribution in [1.82, 2.24) is 0 Å². The Bertz CT molecular complexity index is 119. The summed E-state index contributed by atoms with van der Waals surface area (Å²) in [6.07, 6.45) is 0. The van der Waals surface area contributed by atoms with Gasteiger partial charge in [0.1, 0.15) is 0 Å². The Morgan fingerprint density at radius 2 is 2.14 bits per heavy atom. The second kappa shape index (κ2) is 2.23. The van der Waals surface area contributed by atoms with Crippen molar-refractivity contribution in [3.8, 4) is 0 Å². The van der Waals surface area contributed by atoms with E-state index in [4.69, 9.17) is 0 Å². The molecule has 38 valence electrons. The summed E-state index contributed by atoms with van der Waals surface area (Å²) < 4.78 is 11.4. The van der Waals surface area contributed by atoms with E-state index in [1.54, 1.807) is 0 Å². The molecule has 0 saturated carbocycles. The number of hydrogen-bond acceptors (Lipinski definition) is 1. The van der Waals surface area contributed by atoms with E-state index in [-0.39, 0.29) is 0 Å². The van der Waals surface area contributed by atoms with Crippen LogP contribution in [0.2, 0.25) is 0 Å². The van der Waals surface area contributed by atoms with Gasteiger partial charge in [0.25, 0.3) is 0 Å². The Morgan fingerprint density at radius 3 is 2.14 bits per heavy atom. The molecule has 0 heterocycles. The minimum absolute atomic E-state index is 1.000. The van der Waals surface area contributed by atoms with E-state index in [1.165, 1.54) is 0 Å². The summed E-state index contributed by atoms with van der Waals surface area (Å²) >= 11 is 0. The number of rotatable bonds is 1. The monoisotopic (exact) mass is 101 g/mol. The maximum atomic E-state index is 11.4. The molecule has 0 aliphatic heterocycles. The molecule has 0 aliphatic rings. The van der Waals surface area contributed by atoms with Gasteiger partial charge in [-0.2, -0.15) is 0 Å². The number of halogens is 1. The zero-order valence-corrected chi connectivity index (χ0v) is 3.65. The Morgan fingerprint density at radius 1 is 1.71 bits per heavy atom. The zero-order chi connectivity index (χ0) is 5.86. The maximum absolute atomic E-state index is 11.4. The molecule has 0 aromatic carbocycles. The fraction of sp³-hybridized carbons (Fsp3) is 0. The van der Waals surface area contributed by atoms with E-state index >= 15 is 0 Å². The fourth-order valence-electron chi connectivity index (χ4n) is 0.0858. The van der Waals surface area contributed by atoms with Crippen molar-refractivity contribution in [2.24, 2.45) is 4.99 Å². The van der Waals surface area contributed by atoms with Crippen LogP contribution in [0.5, 0.6) is 0 Å². The molecule has 0 unspecified atom stereocenters. The Labute approximate surface area is 40.4 Å². The molecular weight excluding hydrogens is 97.0 g/mol. The Kier molecular flexibility index (Phi) is 1.91. The smallest absolute Gasteiger partial charge is 0.264 e. The molecule has 7 heavy (non-hydrogen) atoms. The first-order chi connectivity index (χ1) is 3.18. The molecule has 0 N–H and O–H groups in total. The minimum atomic E-state index is -1.07. The van der Waals surface area contributed by atoms with Gasteiger partial charge in [0.05, 0.1) is 0 Å². The molecule has 0 atom stereocenters. The lowest BCUT2D eigenvalue weighted by Crippen LogP contribution is -1.88. The second-order valence-corrected chi connectivity index (χ2v) is 0.868. The molecule has 1 amide bonds. The van der Waals surface area contributed by atoms with Gasteiger partial charge in [-0.05, 0) is 6.72 Å². The van der Waals surface area contributed by atoms with Crippen LogP contribution in [-0.4, -0.2) is 12.6 Å². The normalized spacial score (nSPS) is 7.57. The summed E-state index contributed by atoms with van der Waals surface area (Å²) in [5.41, 5.74) is 0. The Hall–Kier alpha value is -0.990. The molecule has 0 aromatic rings. The van der Waals surface area contributed by atoms with Crippen LogP contribution in [0.4, 0.5) is 4.39 Å². The summed E-state index contributed by atoms with van der Waals surface area (Å²) in [6.45, 7) is 5.46. The first-order valence-electron chi connectivity index (χ1n) is 1.54. The van der Waals surface area contributed by atoms with Gasteiger partial charge in [-0.1, -0.05) is 6.58 Å². The van der Waals surface area contributed by atoms with Crippen molar-refractivity contribution in [1.29, 1.82) is 0 Å². The lowest BCUT2D eigenvalue weighted by atomic mass is 10.6. The quantitative estimate of drug-likeness (QED) is 0.353. The van der Waals surface area contributed by atoms with Crippen LogP contribution in [-0.2, 0) is 4.79 Å². The van der Waals surface area contributed by atoms with E-state index in [0.717, 1.165) is 0 Å². The molecule has 2 nitrogen and oxygen atoms in total. The summed E-state index contributed by atoms with van der Waals surface area (Å²) in [7, 11) is 0. The van der Waals surface area contributed by atoms with Crippen molar-refractivity contribution in [3.63, 3.8) is 0 Å². The van der Waals surface area contributed by atoms with Crippen molar-refractivity contribution >= 4 is 12.6 Å². The molecule has 0 aromatic heterocycles. The molecule has 0 saturated heterocycles. The second-order valence-electron chi connectivity index (χ2n) is 0.868. The first-order valence-corrected chi connectivity index (χ1v) is 1.54. The largest absolute Gasteiger partial charge is 0.304 e. The van der Waals surface area contributed by atoms with Crippen molar-refractivity contribution in [3.05, 3.63) is 12.4 Å². The number of nitrogens with zero attached hydrogens (tertiary/aromatic N) is 1. The van der Waals surface area contributed by atoms with Gasteiger partial charge < -0.3 is 0 Å². The summed E-state index contributed by atoms with van der Waals surface area (Å²) in [5, 5.41) is 0. The van der Waals surface area contributed by atoms with Crippen LogP contribution in [0.15, 0.2) is 17.4 Å². The van der Waals surface area contributed by atoms with Crippen LogP contribution in [0, 0.1) is 0 Å². The van der Waals surface area contributed by atoms with Gasteiger partial charge in [-0.25, -0.2) is 9.38 Å². The zero-order valence-electron chi connectivity index (χ0n) is 3.65. The lowest BCUT2D eigenvalue weighted by Gasteiger charge is -1.78. The number of amides is 1. The molecular formula is C4H4FNO. The topological polar surface area (TPSA) is 29.4 Å². The van der Waals surface area contributed by atoms with Gasteiger partial charge in [0.2, 0.25) is 0 Å². The first kappa shape index (κ1) is 6.01. The van der Waals surface area contributed by atoms with Crippen LogP contribution in [0.25, 0.3) is 0 Å². The molecule has 0 aliphatic carbocycles. The third-order valence-electron chi connectivity index (χ3n) is 0.376. The highest BCUT2D eigenvalue weighted by Gasteiger charge is 1.97. The predicted molar refractivity (Wildman–Crippen MR) is 24.8 cm³/mol. The molecule has 0 bridgehead atoms. The van der Waals surface area contributed by atoms with E-state index < -0.39 is 11.7 Å². The summed E-state index contributed by atoms with van der Waals surface area (Å²) in [4.78, 5) is 12.5. The number of hydrogen-bond donors (Lipinski definition) is 0. The van der Waals surface area contributed by atoms with Gasteiger partial charge in [0, 0.05) is 0 Å². The van der Waals surface area contributed by atoms with Gasteiger partial charge in [0.15, 0.2) is 5.83 Å². The van der Waals surface area contributed by atoms with Crippen molar-refractivity contribution < 1.29 is 9.18 Å². The molecule has 0 radical (unpaired) electrons. The summed E-state index contributed by atoms with van der Waals surface area (Å²) in [6, 6.07) is 0.